The Kier molecular flexibility index (Phi) is 2.16. The van der Waals surface area contributed by atoms with Gasteiger partial charge in [0.2, 0.25) is 0 Å². The highest BCUT2D eigenvalue weighted by Crippen LogP contribution is 2.33. The van der Waals surface area contributed by atoms with Gasteiger partial charge in [0.1, 0.15) is 5.82 Å². The number of fused-ring (bicyclic) bond motifs is 1. The van der Waals surface area contributed by atoms with Crippen molar-refractivity contribution in [2.75, 3.05) is 7.05 Å². The van der Waals surface area contributed by atoms with Gasteiger partial charge in [0, 0.05) is 21.4 Å². The van der Waals surface area contributed by atoms with E-state index < -0.39 is 0 Å². The molecule has 1 unspecified atom stereocenters. The number of nitrogens with one attached hydrogen (secondary N) is 1. The highest BCUT2D eigenvalue weighted by atomic mass is 32.1. The maximum Gasteiger partial charge on any atom is 0.137 e. The number of rotatable bonds is 1. The van der Waals surface area contributed by atoms with Crippen LogP contribution in [0.2, 0.25) is 0 Å². The van der Waals surface area contributed by atoms with E-state index in [2.05, 4.69) is 12.2 Å². The summed E-state index contributed by atoms with van der Waals surface area (Å²) >= 11 is 1.56. The van der Waals surface area contributed by atoms with E-state index in [0.717, 1.165) is 24.8 Å². The molecule has 1 aromatic heterocycles. The van der Waals surface area contributed by atoms with Crippen LogP contribution in [0.25, 0.3) is 0 Å². The van der Waals surface area contributed by atoms with Crippen LogP contribution in [-0.2, 0) is 12.8 Å². The molecule has 1 N–H and O–H groups in total. The van der Waals surface area contributed by atoms with Gasteiger partial charge in [-0.1, -0.05) is 0 Å². The normalized spacial score (nSPS) is 27.3. The fraction of sp³-hybridized carbons (Fsp3) is 0.600. The third-order valence-corrected chi connectivity index (χ3v) is 4.06. The topological polar surface area (TPSA) is 12.0 Å². The Morgan fingerprint density at radius 3 is 3.08 bits per heavy atom. The first-order valence-electron chi connectivity index (χ1n) is 4.58. The van der Waals surface area contributed by atoms with E-state index in [1.165, 1.54) is 4.88 Å². The van der Waals surface area contributed by atoms with Crippen molar-refractivity contribution in [1.82, 2.24) is 5.32 Å². The second kappa shape index (κ2) is 3.07. The Morgan fingerprint density at radius 1 is 1.62 bits per heavy atom. The maximum atomic E-state index is 13.3. The molecule has 0 radical (unpaired) electrons. The molecule has 13 heavy (non-hydrogen) atoms. The summed E-state index contributed by atoms with van der Waals surface area (Å²) in [6, 6.07) is 0. The SMILES string of the molecule is CNC1(C)CCc2scc(F)c2C1. The van der Waals surface area contributed by atoms with Gasteiger partial charge < -0.3 is 5.32 Å². The van der Waals surface area contributed by atoms with Gasteiger partial charge in [0.15, 0.2) is 0 Å². The summed E-state index contributed by atoms with van der Waals surface area (Å²) < 4.78 is 13.3. The van der Waals surface area contributed by atoms with Crippen LogP contribution in [0.1, 0.15) is 23.8 Å². The zero-order valence-electron chi connectivity index (χ0n) is 7.98. The van der Waals surface area contributed by atoms with Gasteiger partial charge in [-0.25, -0.2) is 4.39 Å². The fourth-order valence-corrected chi connectivity index (χ4v) is 2.79. The van der Waals surface area contributed by atoms with Crippen molar-refractivity contribution in [1.29, 1.82) is 0 Å². The van der Waals surface area contributed by atoms with Gasteiger partial charge in [-0.05, 0) is 33.2 Å². The number of thiophene rings is 1. The molecule has 0 bridgehead atoms. The van der Waals surface area contributed by atoms with Gasteiger partial charge in [0.05, 0.1) is 0 Å². The Balaban J connectivity index is 2.32. The van der Waals surface area contributed by atoms with Gasteiger partial charge in [-0.2, -0.15) is 0 Å². The summed E-state index contributed by atoms with van der Waals surface area (Å²) in [4.78, 5) is 1.24. The standard InChI is InChI=1S/C10H14FNS/c1-10(12-2)4-3-9-7(5-10)8(11)6-13-9/h6,12H,3-5H2,1-2H3. The predicted octanol–water partition coefficient (Wildman–Crippen LogP) is 2.35. The van der Waals surface area contributed by atoms with Crippen LogP contribution in [0.3, 0.4) is 0 Å². The van der Waals surface area contributed by atoms with Crippen LogP contribution in [0.4, 0.5) is 4.39 Å². The minimum Gasteiger partial charge on any atom is -0.314 e. The monoisotopic (exact) mass is 199 g/mol. The molecule has 1 aliphatic carbocycles. The Hall–Kier alpha value is -0.410. The van der Waals surface area contributed by atoms with Crippen LogP contribution in [0.15, 0.2) is 5.38 Å². The fourth-order valence-electron chi connectivity index (χ4n) is 1.87. The number of likely N-dealkylation sites (N-methyl/N-ethyl adjacent to an activating group) is 1. The molecule has 1 nitrogen and oxygen atoms in total. The summed E-state index contributed by atoms with van der Waals surface area (Å²) in [5, 5.41) is 4.91. The van der Waals surface area contributed by atoms with E-state index in [9.17, 15) is 4.39 Å². The van der Waals surface area contributed by atoms with Crippen LogP contribution < -0.4 is 5.32 Å². The van der Waals surface area contributed by atoms with E-state index in [-0.39, 0.29) is 11.4 Å². The molecule has 1 aromatic rings. The zero-order valence-corrected chi connectivity index (χ0v) is 8.80. The van der Waals surface area contributed by atoms with Gasteiger partial charge in [-0.15, -0.1) is 11.3 Å². The lowest BCUT2D eigenvalue weighted by molar-refractivity contribution is 0.335. The van der Waals surface area contributed by atoms with Gasteiger partial charge in [-0.3, -0.25) is 0 Å². The largest absolute Gasteiger partial charge is 0.314 e. The highest BCUT2D eigenvalue weighted by molar-refractivity contribution is 7.10. The first-order valence-corrected chi connectivity index (χ1v) is 5.46. The molecule has 0 aliphatic heterocycles. The van der Waals surface area contributed by atoms with E-state index in [4.69, 9.17) is 0 Å². The minimum absolute atomic E-state index is 0.0128. The Labute approximate surface area is 82.0 Å². The van der Waals surface area contributed by atoms with Crippen LogP contribution in [0.5, 0.6) is 0 Å². The third-order valence-electron chi connectivity index (χ3n) is 3.00. The average molecular weight is 199 g/mol. The molecular weight excluding hydrogens is 185 g/mol. The molecule has 1 heterocycles. The molecule has 1 aliphatic rings. The van der Waals surface area contributed by atoms with Crippen molar-refractivity contribution in [2.45, 2.75) is 31.7 Å². The molecule has 0 amide bonds. The smallest absolute Gasteiger partial charge is 0.137 e. The van der Waals surface area contributed by atoms with Crippen LogP contribution >= 0.6 is 11.3 Å². The van der Waals surface area contributed by atoms with E-state index >= 15 is 0 Å². The third kappa shape index (κ3) is 1.51. The maximum absolute atomic E-state index is 13.3. The quantitative estimate of drug-likeness (QED) is 0.732. The Morgan fingerprint density at radius 2 is 2.38 bits per heavy atom. The molecule has 3 heteroatoms. The van der Waals surface area contributed by atoms with Crippen molar-refractivity contribution < 1.29 is 4.39 Å². The highest BCUT2D eigenvalue weighted by Gasteiger charge is 2.30. The zero-order chi connectivity index (χ0) is 9.47. The van der Waals surface area contributed by atoms with E-state index in [0.29, 0.717) is 0 Å². The summed E-state index contributed by atoms with van der Waals surface area (Å²) in [5.41, 5.74) is 1.03. The molecule has 0 spiro atoms. The second-order valence-electron chi connectivity index (χ2n) is 3.97. The number of halogens is 1. The van der Waals surface area contributed by atoms with Crippen molar-refractivity contribution in [3.63, 3.8) is 0 Å². The van der Waals surface area contributed by atoms with Crippen LogP contribution in [-0.4, -0.2) is 12.6 Å². The number of aryl methyl sites for hydroxylation is 1. The molecule has 0 aromatic carbocycles. The second-order valence-corrected chi connectivity index (χ2v) is 4.94. The molecule has 2 rings (SSSR count). The number of hydrogen-bond donors (Lipinski definition) is 1. The van der Waals surface area contributed by atoms with Crippen molar-refractivity contribution in [2.24, 2.45) is 0 Å². The van der Waals surface area contributed by atoms with Gasteiger partial charge >= 0.3 is 0 Å². The molecule has 1 atom stereocenters. The first kappa shape index (κ1) is 9.16. The minimum atomic E-state index is -0.0128. The predicted molar refractivity (Wildman–Crippen MR) is 53.8 cm³/mol. The van der Waals surface area contributed by atoms with E-state index in [1.807, 2.05) is 7.05 Å². The first-order chi connectivity index (χ1) is 6.14. The summed E-state index contributed by atoms with van der Waals surface area (Å²) in [5.74, 6) is -0.0128. The van der Waals surface area contributed by atoms with Crippen molar-refractivity contribution >= 4 is 11.3 Å². The molecule has 0 saturated carbocycles. The molecule has 72 valence electrons. The lowest BCUT2D eigenvalue weighted by atomic mass is 9.83. The Bertz CT molecular complexity index is 321. The summed E-state index contributed by atoms with van der Waals surface area (Å²) in [7, 11) is 1.95. The van der Waals surface area contributed by atoms with Crippen LogP contribution in [0, 0.1) is 5.82 Å². The summed E-state index contributed by atoms with van der Waals surface area (Å²) in [6.07, 6.45) is 2.95. The molecular formula is C10H14FNS. The summed E-state index contributed by atoms with van der Waals surface area (Å²) in [6.45, 7) is 2.16. The number of hydrogen-bond acceptors (Lipinski definition) is 2. The van der Waals surface area contributed by atoms with Crippen molar-refractivity contribution in [3.05, 3.63) is 21.6 Å². The lowest BCUT2D eigenvalue weighted by Crippen LogP contribution is -2.44. The molecule has 0 saturated heterocycles. The van der Waals surface area contributed by atoms with Gasteiger partial charge in [0.25, 0.3) is 0 Å². The van der Waals surface area contributed by atoms with E-state index in [1.54, 1.807) is 16.7 Å². The molecule has 0 fully saturated rings. The van der Waals surface area contributed by atoms with Crippen molar-refractivity contribution in [3.8, 4) is 0 Å². The lowest BCUT2D eigenvalue weighted by Gasteiger charge is -2.33. The average Bonchev–Trinajstić information content (AvgIpc) is 2.48.